The topological polar surface area (TPSA) is 56.1 Å². The molecule has 5 heteroatoms. The zero-order chi connectivity index (χ0) is 13.9. The SMILES string of the molecule is CNC1(C(=O)OC)CCCC1CCn1ccc(C)n1. The minimum absolute atomic E-state index is 0.130. The molecule has 1 saturated carbocycles. The summed E-state index contributed by atoms with van der Waals surface area (Å²) in [6.45, 7) is 2.83. The molecule has 0 amide bonds. The summed E-state index contributed by atoms with van der Waals surface area (Å²) in [5.74, 6) is 0.184. The number of nitrogens with one attached hydrogen (secondary N) is 1. The predicted molar refractivity (Wildman–Crippen MR) is 72.7 cm³/mol. The zero-order valence-corrected chi connectivity index (χ0v) is 12.0. The molecule has 1 aromatic rings. The lowest BCUT2D eigenvalue weighted by molar-refractivity contribution is -0.150. The summed E-state index contributed by atoms with van der Waals surface area (Å²) < 4.78 is 6.94. The molecule has 0 aliphatic heterocycles. The Balaban J connectivity index is 2.03. The highest BCUT2D eigenvalue weighted by atomic mass is 16.5. The van der Waals surface area contributed by atoms with Gasteiger partial charge in [0.2, 0.25) is 0 Å². The molecule has 19 heavy (non-hydrogen) atoms. The van der Waals surface area contributed by atoms with E-state index in [4.69, 9.17) is 4.74 Å². The second-order valence-corrected chi connectivity index (χ2v) is 5.31. The van der Waals surface area contributed by atoms with E-state index in [0.29, 0.717) is 5.92 Å². The summed E-state index contributed by atoms with van der Waals surface area (Å²) in [7, 11) is 3.32. The van der Waals surface area contributed by atoms with Gasteiger partial charge >= 0.3 is 5.97 Å². The molecule has 0 aromatic carbocycles. The number of aryl methyl sites for hydroxylation is 2. The van der Waals surface area contributed by atoms with Crippen LogP contribution in [0.15, 0.2) is 12.3 Å². The standard InChI is InChI=1S/C14H23N3O2/c1-11-6-9-17(16-11)10-7-12-5-4-8-14(12,15-2)13(18)19-3/h6,9,12,15H,4-5,7-8,10H2,1-3H3. The quantitative estimate of drug-likeness (QED) is 0.820. The van der Waals surface area contributed by atoms with Crippen LogP contribution in [0.3, 0.4) is 0 Å². The summed E-state index contributed by atoms with van der Waals surface area (Å²) in [5, 5.41) is 7.61. The highest BCUT2D eigenvalue weighted by molar-refractivity contribution is 5.81. The van der Waals surface area contributed by atoms with Gasteiger partial charge < -0.3 is 10.1 Å². The molecule has 1 heterocycles. The number of carbonyl (C=O) groups is 1. The van der Waals surface area contributed by atoms with Crippen molar-refractivity contribution in [1.29, 1.82) is 0 Å². The van der Waals surface area contributed by atoms with Crippen LogP contribution in [0.4, 0.5) is 0 Å². The van der Waals surface area contributed by atoms with Gasteiger partial charge in [0.05, 0.1) is 12.8 Å². The summed E-state index contributed by atoms with van der Waals surface area (Å²) in [6.07, 6.45) is 5.93. The van der Waals surface area contributed by atoms with Crippen LogP contribution in [0.5, 0.6) is 0 Å². The molecule has 106 valence electrons. The van der Waals surface area contributed by atoms with E-state index < -0.39 is 5.54 Å². The number of esters is 1. The average molecular weight is 265 g/mol. The van der Waals surface area contributed by atoms with Crippen molar-refractivity contribution in [2.75, 3.05) is 14.2 Å². The van der Waals surface area contributed by atoms with Crippen molar-refractivity contribution in [3.63, 3.8) is 0 Å². The molecular weight excluding hydrogens is 242 g/mol. The van der Waals surface area contributed by atoms with Crippen LogP contribution < -0.4 is 5.32 Å². The molecule has 1 fully saturated rings. The van der Waals surface area contributed by atoms with Gasteiger partial charge in [0.25, 0.3) is 0 Å². The van der Waals surface area contributed by atoms with Crippen LogP contribution in [-0.2, 0) is 16.1 Å². The Morgan fingerprint density at radius 2 is 2.47 bits per heavy atom. The first-order chi connectivity index (χ1) is 9.12. The molecule has 1 aliphatic rings. The van der Waals surface area contributed by atoms with Crippen molar-refractivity contribution in [2.24, 2.45) is 5.92 Å². The Hall–Kier alpha value is -1.36. The Bertz CT molecular complexity index is 444. The number of carbonyl (C=O) groups excluding carboxylic acids is 1. The molecule has 2 atom stereocenters. The first kappa shape index (κ1) is 14.1. The molecule has 0 spiro atoms. The van der Waals surface area contributed by atoms with E-state index in [0.717, 1.165) is 37.9 Å². The monoisotopic (exact) mass is 265 g/mol. The normalized spacial score (nSPS) is 26.6. The van der Waals surface area contributed by atoms with Crippen LogP contribution in [0, 0.1) is 12.8 Å². The van der Waals surface area contributed by atoms with Crippen molar-refractivity contribution in [3.8, 4) is 0 Å². The first-order valence-electron chi connectivity index (χ1n) is 6.90. The number of ether oxygens (including phenoxy) is 1. The first-order valence-corrected chi connectivity index (χ1v) is 6.90. The third kappa shape index (κ3) is 2.66. The van der Waals surface area contributed by atoms with Gasteiger partial charge in [-0.1, -0.05) is 6.42 Å². The Morgan fingerprint density at radius 1 is 1.68 bits per heavy atom. The molecule has 0 radical (unpaired) electrons. The largest absolute Gasteiger partial charge is 0.468 e. The number of rotatable bonds is 5. The maximum Gasteiger partial charge on any atom is 0.326 e. The van der Waals surface area contributed by atoms with E-state index in [1.165, 1.54) is 7.11 Å². The second kappa shape index (κ2) is 5.74. The molecular formula is C14H23N3O2. The molecule has 1 aromatic heterocycles. The van der Waals surface area contributed by atoms with Gasteiger partial charge in [-0.15, -0.1) is 0 Å². The van der Waals surface area contributed by atoms with Crippen LogP contribution in [0.1, 0.15) is 31.4 Å². The molecule has 2 unspecified atom stereocenters. The second-order valence-electron chi connectivity index (χ2n) is 5.31. The van der Waals surface area contributed by atoms with E-state index in [1.54, 1.807) is 0 Å². The van der Waals surface area contributed by atoms with E-state index in [1.807, 2.05) is 30.9 Å². The molecule has 0 saturated heterocycles. The maximum absolute atomic E-state index is 12.1. The lowest BCUT2D eigenvalue weighted by Crippen LogP contribution is -2.54. The molecule has 0 bridgehead atoms. The summed E-state index contributed by atoms with van der Waals surface area (Å²) in [6, 6.07) is 2.00. The van der Waals surface area contributed by atoms with Gasteiger partial charge in [-0.3, -0.25) is 9.48 Å². The van der Waals surface area contributed by atoms with Crippen LogP contribution >= 0.6 is 0 Å². The number of nitrogens with zero attached hydrogens (tertiary/aromatic N) is 2. The van der Waals surface area contributed by atoms with Gasteiger partial charge in [-0.05, 0) is 45.2 Å². The number of aromatic nitrogens is 2. The fourth-order valence-corrected chi connectivity index (χ4v) is 3.23. The highest BCUT2D eigenvalue weighted by Crippen LogP contribution is 2.38. The lowest BCUT2D eigenvalue weighted by atomic mass is 9.84. The molecule has 1 N–H and O–H groups in total. The van der Waals surface area contributed by atoms with Gasteiger partial charge in [0.15, 0.2) is 0 Å². The number of methoxy groups -OCH3 is 1. The number of hydrogen-bond donors (Lipinski definition) is 1. The molecule has 2 rings (SSSR count). The maximum atomic E-state index is 12.1. The Morgan fingerprint density at radius 3 is 3.05 bits per heavy atom. The summed E-state index contributed by atoms with van der Waals surface area (Å²) >= 11 is 0. The van der Waals surface area contributed by atoms with Gasteiger partial charge in [0, 0.05) is 12.7 Å². The van der Waals surface area contributed by atoms with Crippen molar-refractivity contribution in [2.45, 2.75) is 44.7 Å². The van der Waals surface area contributed by atoms with Crippen LogP contribution in [0.25, 0.3) is 0 Å². The molecule has 1 aliphatic carbocycles. The minimum Gasteiger partial charge on any atom is -0.468 e. The Kier molecular flexibility index (Phi) is 4.24. The van der Waals surface area contributed by atoms with E-state index in [2.05, 4.69) is 10.4 Å². The summed E-state index contributed by atoms with van der Waals surface area (Å²) in [5.41, 5.74) is 0.524. The smallest absolute Gasteiger partial charge is 0.326 e. The van der Waals surface area contributed by atoms with E-state index in [-0.39, 0.29) is 5.97 Å². The van der Waals surface area contributed by atoms with Crippen molar-refractivity contribution < 1.29 is 9.53 Å². The van der Waals surface area contributed by atoms with Crippen LogP contribution in [0.2, 0.25) is 0 Å². The predicted octanol–water partition coefficient (Wildman–Crippen LogP) is 1.51. The third-order valence-electron chi connectivity index (χ3n) is 4.30. The van der Waals surface area contributed by atoms with Crippen molar-refractivity contribution in [1.82, 2.24) is 15.1 Å². The van der Waals surface area contributed by atoms with E-state index >= 15 is 0 Å². The van der Waals surface area contributed by atoms with Gasteiger partial charge in [-0.2, -0.15) is 5.10 Å². The highest BCUT2D eigenvalue weighted by Gasteiger charge is 2.48. The van der Waals surface area contributed by atoms with E-state index in [9.17, 15) is 4.79 Å². The van der Waals surface area contributed by atoms with Gasteiger partial charge in [0.1, 0.15) is 5.54 Å². The number of hydrogen-bond acceptors (Lipinski definition) is 4. The van der Waals surface area contributed by atoms with Crippen LogP contribution in [-0.4, -0.2) is 35.4 Å². The Labute approximate surface area is 114 Å². The minimum atomic E-state index is -0.503. The fraction of sp³-hybridized carbons (Fsp3) is 0.714. The van der Waals surface area contributed by atoms with Crippen molar-refractivity contribution in [3.05, 3.63) is 18.0 Å². The third-order valence-corrected chi connectivity index (χ3v) is 4.30. The number of likely N-dealkylation sites (N-methyl/N-ethyl adjacent to an activating group) is 1. The molecule has 5 nitrogen and oxygen atoms in total. The fourth-order valence-electron chi connectivity index (χ4n) is 3.23. The van der Waals surface area contributed by atoms with Gasteiger partial charge in [-0.25, -0.2) is 0 Å². The lowest BCUT2D eigenvalue weighted by Gasteiger charge is -2.32. The van der Waals surface area contributed by atoms with Crippen molar-refractivity contribution >= 4 is 5.97 Å². The average Bonchev–Trinajstić information content (AvgIpc) is 3.02. The zero-order valence-electron chi connectivity index (χ0n) is 12.0. The summed E-state index contributed by atoms with van der Waals surface area (Å²) in [4.78, 5) is 12.1.